The summed E-state index contributed by atoms with van der Waals surface area (Å²) in [6.45, 7) is 1.66. The van der Waals surface area contributed by atoms with Crippen LogP contribution in [0.3, 0.4) is 0 Å². The second-order valence-electron chi connectivity index (χ2n) is 5.15. The van der Waals surface area contributed by atoms with Gasteiger partial charge in [0.2, 0.25) is 0 Å². The van der Waals surface area contributed by atoms with Crippen LogP contribution in [0.2, 0.25) is 0 Å². The molecule has 0 spiro atoms. The van der Waals surface area contributed by atoms with Gasteiger partial charge >= 0.3 is 5.97 Å². The van der Waals surface area contributed by atoms with Crippen LogP contribution in [0, 0.1) is 5.92 Å². The molecule has 0 saturated carbocycles. The fourth-order valence-electron chi connectivity index (χ4n) is 2.14. The maximum Gasteiger partial charge on any atom is 0.303 e. The van der Waals surface area contributed by atoms with Crippen molar-refractivity contribution in [3.8, 4) is 0 Å². The number of hydrogen-bond donors (Lipinski definition) is 2. The largest absolute Gasteiger partial charge is 0.481 e. The van der Waals surface area contributed by atoms with Gasteiger partial charge in [-0.2, -0.15) is 0 Å². The van der Waals surface area contributed by atoms with Crippen molar-refractivity contribution >= 4 is 27.7 Å². The first-order valence-corrected chi connectivity index (χ1v) is 7.91. The summed E-state index contributed by atoms with van der Waals surface area (Å²) in [6.07, 6.45) is 10.0. The molecular formula is C16H21BrO4. The van der Waals surface area contributed by atoms with E-state index in [0.717, 1.165) is 24.8 Å². The quantitative estimate of drug-likeness (QED) is 0.397. The number of allylic oxidation sites excluding steroid dienone is 5. The highest BCUT2D eigenvalue weighted by Crippen LogP contribution is 2.31. The zero-order valence-corrected chi connectivity index (χ0v) is 13.7. The van der Waals surface area contributed by atoms with Gasteiger partial charge in [0, 0.05) is 17.9 Å². The molecule has 2 atom stereocenters. The Balaban J connectivity index is 2.51. The number of carboxylic acid groups (broad SMARTS) is 1. The highest BCUT2D eigenvalue weighted by molar-refractivity contribution is 9.12. The zero-order chi connectivity index (χ0) is 15.8. The van der Waals surface area contributed by atoms with Crippen LogP contribution in [-0.2, 0) is 9.59 Å². The lowest BCUT2D eigenvalue weighted by molar-refractivity contribution is -0.137. The minimum absolute atomic E-state index is 0.0132. The van der Waals surface area contributed by atoms with Crippen molar-refractivity contribution < 1.29 is 19.8 Å². The molecule has 1 aliphatic carbocycles. The molecule has 2 N–H and O–H groups in total. The third kappa shape index (κ3) is 6.40. The molecule has 1 aliphatic rings. The van der Waals surface area contributed by atoms with E-state index in [1.807, 2.05) is 18.2 Å². The molecule has 0 radical (unpaired) electrons. The maximum atomic E-state index is 12.0. The molecule has 0 bridgehead atoms. The summed E-state index contributed by atoms with van der Waals surface area (Å²) < 4.78 is 0.555. The Morgan fingerprint density at radius 1 is 1.43 bits per heavy atom. The molecule has 0 saturated heterocycles. The lowest BCUT2D eigenvalue weighted by atomic mass is 9.99. The van der Waals surface area contributed by atoms with Crippen LogP contribution in [-0.4, -0.2) is 28.1 Å². The van der Waals surface area contributed by atoms with Gasteiger partial charge in [-0.3, -0.25) is 9.59 Å². The fourth-order valence-corrected chi connectivity index (χ4v) is 2.65. The number of aliphatic hydroxyl groups is 1. The summed E-state index contributed by atoms with van der Waals surface area (Å²) in [6, 6.07) is 0. The van der Waals surface area contributed by atoms with Crippen molar-refractivity contribution in [3.05, 3.63) is 34.4 Å². The number of aliphatic hydroxyl groups excluding tert-OH is 1. The van der Waals surface area contributed by atoms with Crippen molar-refractivity contribution in [2.24, 2.45) is 5.92 Å². The van der Waals surface area contributed by atoms with E-state index in [2.05, 4.69) is 15.9 Å². The van der Waals surface area contributed by atoms with E-state index in [4.69, 9.17) is 5.11 Å². The average molecular weight is 357 g/mol. The molecule has 1 rings (SSSR count). The topological polar surface area (TPSA) is 74.6 Å². The fraction of sp³-hybridized carbons (Fsp3) is 0.500. The number of carboxylic acids is 1. The normalized spacial score (nSPS) is 22.0. The molecular weight excluding hydrogens is 336 g/mol. The molecule has 116 valence electrons. The summed E-state index contributed by atoms with van der Waals surface area (Å²) in [5.74, 6) is -0.878. The highest BCUT2D eigenvalue weighted by Gasteiger charge is 2.26. The molecule has 0 fully saturated rings. The first kappa shape index (κ1) is 17.9. The van der Waals surface area contributed by atoms with Gasteiger partial charge < -0.3 is 10.2 Å². The second kappa shape index (κ2) is 8.95. The van der Waals surface area contributed by atoms with Crippen molar-refractivity contribution in [2.45, 2.75) is 45.1 Å². The summed E-state index contributed by atoms with van der Waals surface area (Å²) in [5.41, 5.74) is 0.719. The Hall–Kier alpha value is -1.20. The van der Waals surface area contributed by atoms with Crippen LogP contribution in [0.1, 0.15) is 39.0 Å². The van der Waals surface area contributed by atoms with Gasteiger partial charge in [-0.05, 0) is 42.1 Å². The van der Waals surface area contributed by atoms with Crippen molar-refractivity contribution in [2.75, 3.05) is 0 Å². The molecule has 0 aromatic heterocycles. The number of halogens is 1. The van der Waals surface area contributed by atoms with Crippen LogP contribution < -0.4 is 0 Å². The number of rotatable bonds is 8. The van der Waals surface area contributed by atoms with Crippen LogP contribution in [0.5, 0.6) is 0 Å². The lowest BCUT2D eigenvalue weighted by Gasteiger charge is -2.05. The summed E-state index contributed by atoms with van der Waals surface area (Å²) in [7, 11) is 0. The van der Waals surface area contributed by atoms with Gasteiger partial charge in [0.1, 0.15) is 0 Å². The van der Waals surface area contributed by atoms with Gasteiger partial charge in [0.25, 0.3) is 0 Å². The van der Waals surface area contributed by atoms with E-state index >= 15 is 0 Å². The number of ketones is 1. The molecule has 5 heteroatoms. The predicted molar refractivity (Wildman–Crippen MR) is 85.1 cm³/mol. The molecule has 0 amide bonds. The van der Waals surface area contributed by atoms with Crippen molar-refractivity contribution in [1.82, 2.24) is 0 Å². The summed E-state index contributed by atoms with van der Waals surface area (Å²) in [5, 5.41) is 17.8. The number of aliphatic carboxylic acids is 1. The van der Waals surface area contributed by atoms with E-state index in [1.165, 1.54) is 0 Å². The van der Waals surface area contributed by atoms with E-state index in [0.29, 0.717) is 10.9 Å². The third-order valence-electron chi connectivity index (χ3n) is 3.22. The standard InChI is InChI=1S/C16H21BrO4/c1-11(18)8-9-12-10-14(17)16(21)13(12)6-4-2-3-5-7-15(19)20/h6,8-12,18H,2-5,7H2,1H3,(H,19,20). The Kier molecular flexibility index (Phi) is 7.61. The number of hydrogen-bond acceptors (Lipinski definition) is 3. The molecule has 21 heavy (non-hydrogen) atoms. The number of carbonyl (C=O) groups is 2. The third-order valence-corrected chi connectivity index (χ3v) is 3.84. The Morgan fingerprint density at radius 3 is 2.76 bits per heavy atom. The highest BCUT2D eigenvalue weighted by atomic mass is 79.9. The smallest absolute Gasteiger partial charge is 0.303 e. The Bertz CT molecular complexity index is 475. The summed E-state index contributed by atoms with van der Waals surface area (Å²) >= 11 is 3.25. The second-order valence-corrected chi connectivity index (χ2v) is 6.00. The lowest BCUT2D eigenvalue weighted by Crippen LogP contribution is -2.03. The number of Topliss-reactive ketones (excluding diaryl/α,β-unsaturated/α-hetero) is 1. The van der Waals surface area contributed by atoms with E-state index < -0.39 is 12.1 Å². The Morgan fingerprint density at radius 2 is 2.14 bits per heavy atom. The van der Waals surface area contributed by atoms with Crippen molar-refractivity contribution in [3.63, 3.8) is 0 Å². The maximum absolute atomic E-state index is 12.0. The molecule has 4 nitrogen and oxygen atoms in total. The van der Waals surface area contributed by atoms with E-state index in [1.54, 1.807) is 13.0 Å². The zero-order valence-electron chi connectivity index (χ0n) is 12.1. The molecule has 2 unspecified atom stereocenters. The van der Waals surface area contributed by atoms with Gasteiger partial charge in [0.15, 0.2) is 5.78 Å². The van der Waals surface area contributed by atoms with Gasteiger partial charge in [-0.15, -0.1) is 0 Å². The first-order valence-electron chi connectivity index (χ1n) is 7.12. The number of unbranched alkanes of at least 4 members (excludes halogenated alkanes) is 3. The molecule has 0 heterocycles. The summed E-state index contributed by atoms with van der Waals surface area (Å²) in [4.78, 5) is 22.4. The van der Waals surface area contributed by atoms with Crippen LogP contribution in [0.4, 0.5) is 0 Å². The first-order chi connectivity index (χ1) is 9.91. The minimum Gasteiger partial charge on any atom is -0.481 e. The number of carbonyl (C=O) groups excluding carboxylic acids is 1. The van der Waals surface area contributed by atoms with Crippen molar-refractivity contribution in [1.29, 1.82) is 0 Å². The monoisotopic (exact) mass is 356 g/mol. The van der Waals surface area contributed by atoms with Crippen LogP contribution >= 0.6 is 15.9 Å². The van der Waals surface area contributed by atoms with Gasteiger partial charge in [-0.25, -0.2) is 0 Å². The molecule has 0 aliphatic heterocycles. The Labute approximate surface area is 133 Å². The van der Waals surface area contributed by atoms with Crippen LogP contribution in [0.15, 0.2) is 34.4 Å². The van der Waals surface area contributed by atoms with E-state index in [9.17, 15) is 14.7 Å². The van der Waals surface area contributed by atoms with Gasteiger partial charge in [-0.1, -0.05) is 30.7 Å². The molecule has 0 aromatic rings. The predicted octanol–water partition coefficient (Wildman–Crippen LogP) is 3.36. The van der Waals surface area contributed by atoms with E-state index in [-0.39, 0.29) is 18.1 Å². The SMILES string of the molecule is CC(O)C=CC1C=C(Br)C(=O)C1=CCCCCCC(=O)O. The minimum atomic E-state index is -0.768. The molecule has 0 aromatic carbocycles. The van der Waals surface area contributed by atoms with Crippen LogP contribution in [0.25, 0.3) is 0 Å². The average Bonchev–Trinajstić information content (AvgIpc) is 2.67. The van der Waals surface area contributed by atoms with Gasteiger partial charge in [0.05, 0.1) is 10.6 Å².